The van der Waals surface area contributed by atoms with Crippen LogP contribution in [-0.4, -0.2) is 52.6 Å². The van der Waals surface area contributed by atoms with E-state index in [1.54, 1.807) is 6.26 Å². The molecule has 4 aromatic carbocycles. The van der Waals surface area contributed by atoms with E-state index in [2.05, 4.69) is 126 Å². The third-order valence-electron chi connectivity index (χ3n) is 26.0. The molecule has 0 radical (unpaired) electrons. The lowest BCUT2D eigenvalue weighted by atomic mass is 9.53. The molecule has 0 saturated heterocycles. The van der Waals surface area contributed by atoms with Gasteiger partial charge in [-0.05, 0) is 303 Å². The van der Waals surface area contributed by atoms with Crippen molar-refractivity contribution in [2.45, 2.75) is 238 Å². The molecule has 7 aromatic rings. The van der Waals surface area contributed by atoms with Gasteiger partial charge in [-0.1, -0.05) is 88.1 Å². The van der Waals surface area contributed by atoms with Gasteiger partial charge in [-0.3, -0.25) is 4.79 Å². The van der Waals surface area contributed by atoms with E-state index in [-0.39, 0.29) is 34.2 Å². The second-order valence-corrected chi connectivity index (χ2v) is 33.4. The zero-order valence-electron chi connectivity index (χ0n) is 55.0. The number of benzene rings is 4. The quantitative estimate of drug-likeness (QED) is 0.0515. The van der Waals surface area contributed by atoms with Crippen LogP contribution in [0.3, 0.4) is 0 Å². The zero-order chi connectivity index (χ0) is 62.0. The molecule has 0 aliphatic heterocycles. The van der Waals surface area contributed by atoms with E-state index < -0.39 is 0 Å². The molecule has 24 rings (SSSR count). The molecule has 16 bridgehead atoms. The van der Waals surface area contributed by atoms with Gasteiger partial charge in [0.05, 0.1) is 17.9 Å². The van der Waals surface area contributed by atoms with Crippen LogP contribution in [0.2, 0.25) is 0 Å². The minimum absolute atomic E-state index is 0. The molecule has 17 aliphatic carbocycles. The third kappa shape index (κ3) is 15.0. The molecule has 17 saturated carbocycles. The number of nitrogens with one attached hydrogen (secondary N) is 4. The minimum Gasteiger partial charge on any atom is -0.426 e. The Hall–Kier alpha value is -6.18. The lowest BCUT2D eigenvalue weighted by Crippen LogP contribution is -2.58. The topological polar surface area (TPSA) is 136 Å². The molecule has 512 valence electrons. The lowest BCUT2D eigenvalue weighted by molar-refractivity contribution is -0.135. The number of nitrogens with zero attached hydrogens (tertiary/aromatic N) is 5. The SMILES string of the molecule is C.C.C.O=C(Oc1ccc(CNC23CC4CC(CC(C4)C2)C3)cc1)C1CC1.c1cc(-c2ccc(CNC34CC5CC(CC(C5)C3)C4)cc2)no1.c1cn(-c2ccc(CNC34CC5CC(CC(C5)C3)C4)cc2)cn1.c1cnn(-c2ccc(CNC34CC5CC(CC(C5)C3)C4)cc2)c1. The Balaban J connectivity index is 0.000000109. The van der Waals surface area contributed by atoms with Crippen LogP contribution in [0.4, 0.5) is 0 Å². The fourth-order valence-corrected chi connectivity index (χ4v) is 23.2. The molecule has 3 aromatic heterocycles. The fraction of sp³-hybridized carbons (Fsp3) is 0.595. The Bertz CT molecular complexity index is 3180. The van der Waals surface area contributed by atoms with Gasteiger partial charge in [0.25, 0.3) is 0 Å². The van der Waals surface area contributed by atoms with Crippen LogP contribution in [0.5, 0.6) is 5.75 Å². The molecule has 0 spiro atoms. The van der Waals surface area contributed by atoms with Crippen LogP contribution in [-0.2, 0) is 31.0 Å². The summed E-state index contributed by atoms with van der Waals surface area (Å²) in [5.74, 6) is 12.8. The molecule has 0 atom stereocenters. The van der Waals surface area contributed by atoms with Gasteiger partial charge in [-0.15, -0.1) is 0 Å². The molecule has 17 fully saturated rings. The Kier molecular flexibility index (Phi) is 19.7. The first-order chi connectivity index (χ1) is 45.5. The highest BCUT2D eigenvalue weighted by molar-refractivity contribution is 5.77. The van der Waals surface area contributed by atoms with Gasteiger partial charge in [0.2, 0.25) is 0 Å². The molecule has 12 nitrogen and oxygen atoms in total. The van der Waals surface area contributed by atoms with Crippen molar-refractivity contribution in [2.24, 2.45) is 76.9 Å². The van der Waals surface area contributed by atoms with Crippen LogP contribution in [0, 0.1) is 76.9 Å². The summed E-state index contributed by atoms with van der Waals surface area (Å²) in [5, 5.41) is 24.1. The number of hydrogen-bond donors (Lipinski definition) is 4. The van der Waals surface area contributed by atoms with Crippen LogP contribution >= 0.6 is 0 Å². The van der Waals surface area contributed by atoms with Gasteiger partial charge in [-0.25, -0.2) is 9.67 Å². The average Bonchev–Trinajstić information content (AvgIpc) is 1.42. The summed E-state index contributed by atoms with van der Waals surface area (Å²) in [6, 6.07) is 38.4. The van der Waals surface area contributed by atoms with Crippen LogP contribution in [0.25, 0.3) is 22.6 Å². The Morgan fingerprint density at radius 2 is 0.792 bits per heavy atom. The summed E-state index contributed by atoms with van der Waals surface area (Å²) >= 11 is 0. The van der Waals surface area contributed by atoms with Crippen molar-refractivity contribution in [3.63, 3.8) is 0 Å². The van der Waals surface area contributed by atoms with Crippen molar-refractivity contribution in [1.82, 2.24) is 45.8 Å². The molecule has 12 heteroatoms. The summed E-state index contributed by atoms with van der Waals surface area (Å²) in [7, 11) is 0. The van der Waals surface area contributed by atoms with Crippen molar-refractivity contribution < 1.29 is 14.1 Å². The Labute approximate surface area is 574 Å². The van der Waals surface area contributed by atoms with Crippen molar-refractivity contribution in [2.75, 3.05) is 0 Å². The van der Waals surface area contributed by atoms with Crippen LogP contribution in [0.1, 0.15) is 211 Å². The first-order valence-electron chi connectivity index (χ1n) is 37.0. The molecule has 3 heterocycles. The third-order valence-corrected chi connectivity index (χ3v) is 26.0. The van der Waals surface area contributed by atoms with Crippen molar-refractivity contribution >= 4 is 5.97 Å². The van der Waals surface area contributed by atoms with E-state index in [4.69, 9.17) is 9.26 Å². The number of esters is 1. The summed E-state index contributed by atoms with van der Waals surface area (Å²) in [4.78, 5) is 15.8. The smallest absolute Gasteiger partial charge is 0.314 e. The second-order valence-electron chi connectivity index (χ2n) is 33.4. The molecular formula is C84H113N9O3. The van der Waals surface area contributed by atoms with E-state index in [0.717, 1.165) is 127 Å². The van der Waals surface area contributed by atoms with E-state index in [1.807, 2.05) is 60.1 Å². The minimum atomic E-state index is -0.0607. The van der Waals surface area contributed by atoms with Gasteiger partial charge in [0.15, 0.2) is 0 Å². The van der Waals surface area contributed by atoms with E-state index in [9.17, 15) is 4.79 Å². The second kappa shape index (κ2) is 28.2. The van der Waals surface area contributed by atoms with Gasteiger partial charge >= 0.3 is 5.97 Å². The largest absolute Gasteiger partial charge is 0.426 e. The maximum absolute atomic E-state index is 11.7. The van der Waals surface area contributed by atoms with Crippen LogP contribution < -0.4 is 26.0 Å². The maximum Gasteiger partial charge on any atom is 0.314 e. The summed E-state index contributed by atoms with van der Waals surface area (Å²) < 4.78 is 14.3. The molecular weight excluding hydrogens is 1180 g/mol. The zero-order valence-corrected chi connectivity index (χ0v) is 55.0. The maximum atomic E-state index is 11.7. The Morgan fingerprint density at radius 1 is 0.438 bits per heavy atom. The first kappa shape index (κ1) is 67.0. The molecule has 96 heavy (non-hydrogen) atoms. The first-order valence-corrected chi connectivity index (χ1v) is 37.0. The summed E-state index contributed by atoms with van der Waals surface area (Å²) in [6.07, 6.45) is 48.1. The van der Waals surface area contributed by atoms with Crippen molar-refractivity contribution in [1.29, 1.82) is 0 Å². The fourth-order valence-electron chi connectivity index (χ4n) is 23.2. The number of carbonyl (C=O) groups excluding carboxylic acids is 1. The number of rotatable bonds is 17. The Morgan fingerprint density at radius 3 is 1.10 bits per heavy atom. The molecule has 0 unspecified atom stereocenters. The predicted molar refractivity (Wildman–Crippen MR) is 385 cm³/mol. The monoisotopic (exact) mass is 1300 g/mol. The van der Waals surface area contributed by atoms with Gasteiger partial charge in [0, 0.05) is 90.4 Å². The standard InChI is InChI=1S/C21H27NO2.2C20H25N3.C20H24N2O.3CH4/c23-20(18-3-4-18)24-19-5-1-14(2-6-19)13-22-21-10-15-7-16(11-21)9-17(8-15)12-21;1-6-22-23(7-1)19-4-2-15(3-5-19)14-21-20-11-16-8-17(12-20)10-18(9-16)13-20;1-3-19(23-6-5-21-14-23)4-2-15(1)13-22-20-10-16-7-17(11-20)9-18(8-16)12-20;1-3-18(19-5-6-23-22-19)4-2-14(1)13-21-20-10-15-7-16(11-20)9-17(8-15)12-20;;;/h1-2,5-6,15-18,22H,3-4,7-13H2;1-7,16-18,21H,8-14H2;1-6,14,16-18,22H,7-13H2;1-6,15-17,21H,7-13H2;3*1H4. The van der Waals surface area contributed by atoms with E-state index in [1.165, 1.54) is 182 Å². The normalized spacial score (nSPS) is 34.2. The number of ether oxygens (including phenoxy) is 1. The van der Waals surface area contributed by atoms with Gasteiger partial charge in [-0.2, -0.15) is 5.10 Å². The van der Waals surface area contributed by atoms with E-state index in [0.29, 0.717) is 27.9 Å². The summed E-state index contributed by atoms with van der Waals surface area (Å²) in [6.45, 7) is 3.94. The highest BCUT2D eigenvalue weighted by Gasteiger charge is 2.54. The molecule has 0 amide bonds. The van der Waals surface area contributed by atoms with Crippen molar-refractivity contribution in [3.8, 4) is 28.4 Å². The highest BCUT2D eigenvalue weighted by atomic mass is 16.5. The number of imidazole rings is 1. The predicted octanol–water partition coefficient (Wildman–Crippen LogP) is 18.2. The van der Waals surface area contributed by atoms with Crippen molar-refractivity contribution in [3.05, 3.63) is 169 Å². The lowest BCUT2D eigenvalue weighted by Gasteiger charge is -2.57. The molecule has 17 aliphatic rings. The van der Waals surface area contributed by atoms with Crippen LogP contribution in [0.15, 0.2) is 151 Å². The number of carbonyl (C=O) groups is 1. The van der Waals surface area contributed by atoms with E-state index >= 15 is 0 Å². The molecule has 4 N–H and O–H groups in total. The van der Waals surface area contributed by atoms with Gasteiger partial charge < -0.3 is 35.1 Å². The average molecular weight is 1300 g/mol. The highest BCUT2D eigenvalue weighted by Crippen LogP contribution is 2.59. The number of aromatic nitrogens is 5. The van der Waals surface area contributed by atoms with Gasteiger partial charge in [0.1, 0.15) is 17.7 Å². The number of hydrogen-bond acceptors (Lipinski definition) is 10. The summed E-state index contributed by atoms with van der Waals surface area (Å²) in [5.41, 5.74) is 11.5.